The zero-order valence-electron chi connectivity index (χ0n) is 17.1. The van der Waals surface area contributed by atoms with Crippen molar-refractivity contribution in [2.75, 3.05) is 26.7 Å². The largest absolute Gasteiger partial charge is 0.469 e. The van der Waals surface area contributed by atoms with E-state index in [4.69, 9.17) is 9.15 Å². The van der Waals surface area contributed by atoms with Crippen LogP contribution in [0.4, 0.5) is 0 Å². The van der Waals surface area contributed by atoms with Gasteiger partial charge in [-0.3, -0.25) is 9.89 Å². The molecule has 1 fully saturated rings. The molecule has 2 unspecified atom stereocenters. The van der Waals surface area contributed by atoms with E-state index in [2.05, 4.69) is 58.6 Å². The number of nitrogens with zero attached hydrogens (tertiary/aromatic N) is 2. The molecule has 1 aliphatic heterocycles. The van der Waals surface area contributed by atoms with Crippen LogP contribution in [0.25, 0.3) is 0 Å². The average molecular weight is 385 g/mol. The molecular weight excluding hydrogens is 352 g/mol. The summed E-state index contributed by atoms with van der Waals surface area (Å²) in [4.78, 5) is 6.75. The van der Waals surface area contributed by atoms with Crippen molar-refractivity contribution < 1.29 is 9.15 Å². The first-order chi connectivity index (χ1) is 13.6. The molecule has 1 aromatic heterocycles. The number of hydrogen-bond acceptors (Lipinski definition) is 4. The van der Waals surface area contributed by atoms with Crippen LogP contribution in [0.3, 0.4) is 0 Å². The van der Waals surface area contributed by atoms with Crippen LogP contribution in [0.15, 0.2) is 52.1 Å². The van der Waals surface area contributed by atoms with Gasteiger partial charge < -0.3 is 19.8 Å². The molecule has 2 aromatic rings. The van der Waals surface area contributed by atoms with Crippen LogP contribution < -0.4 is 10.6 Å². The quantitative estimate of drug-likeness (QED) is 0.568. The van der Waals surface area contributed by atoms with E-state index in [-0.39, 0.29) is 0 Å². The highest BCUT2D eigenvalue weighted by molar-refractivity contribution is 5.79. The second-order valence-corrected chi connectivity index (χ2v) is 7.45. The van der Waals surface area contributed by atoms with E-state index in [1.165, 1.54) is 11.1 Å². The Morgan fingerprint density at radius 1 is 1.07 bits per heavy atom. The molecule has 0 saturated carbocycles. The molecule has 0 amide bonds. The van der Waals surface area contributed by atoms with E-state index < -0.39 is 0 Å². The topological polar surface area (TPSA) is 62.0 Å². The number of nitrogens with one attached hydrogen (secondary N) is 2. The Hall–Kier alpha value is -2.31. The summed E-state index contributed by atoms with van der Waals surface area (Å²) in [6, 6.07) is 12.7. The third-order valence-electron chi connectivity index (χ3n) is 4.85. The fourth-order valence-electron chi connectivity index (χ4n) is 3.60. The number of aliphatic imine (C=N–C) groups is 1. The van der Waals surface area contributed by atoms with Crippen molar-refractivity contribution in [3.63, 3.8) is 0 Å². The maximum atomic E-state index is 5.81. The third kappa shape index (κ3) is 6.39. The molecule has 0 bridgehead atoms. The van der Waals surface area contributed by atoms with Crippen LogP contribution >= 0.6 is 0 Å². The van der Waals surface area contributed by atoms with Crippen LogP contribution in [0, 0.1) is 0 Å². The summed E-state index contributed by atoms with van der Waals surface area (Å²) < 4.78 is 11.2. The monoisotopic (exact) mass is 384 g/mol. The van der Waals surface area contributed by atoms with Gasteiger partial charge in [0, 0.05) is 46.2 Å². The van der Waals surface area contributed by atoms with Gasteiger partial charge in [0.15, 0.2) is 5.96 Å². The first kappa shape index (κ1) is 20.4. The molecular formula is C22H32N4O2. The summed E-state index contributed by atoms with van der Waals surface area (Å²) in [7, 11) is 1.79. The van der Waals surface area contributed by atoms with E-state index in [1.807, 2.05) is 12.1 Å². The van der Waals surface area contributed by atoms with Crippen LogP contribution in [-0.4, -0.2) is 49.7 Å². The van der Waals surface area contributed by atoms with Crippen molar-refractivity contribution in [1.82, 2.24) is 15.5 Å². The molecule has 2 N–H and O–H groups in total. The van der Waals surface area contributed by atoms with Gasteiger partial charge in [-0.1, -0.05) is 24.3 Å². The first-order valence-corrected chi connectivity index (χ1v) is 10.0. The lowest BCUT2D eigenvalue weighted by Crippen LogP contribution is -2.44. The van der Waals surface area contributed by atoms with Crippen molar-refractivity contribution in [3.8, 4) is 0 Å². The number of rotatable bonds is 7. The Morgan fingerprint density at radius 2 is 1.79 bits per heavy atom. The number of furan rings is 1. The zero-order valence-corrected chi connectivity index (χ0v) is 17.1. The molecule has 6 nitrogen and oxygen atoms in total. The standard InChI is InChI=1S/C22H32N4O2/c1-17-14-26(15-18(2)28-17)16-20-8-6-19(7-9-20)13-25-22(23-3)24-11-10-21-5-4-12-27-21/h4-9,12,17-18H,10-11,13-16H2,1-3H3,(H2,23,24,25). The fraction of sp³-hybridized carbons (Fsp3) is 0.500. The Bertz CT molecular complexity index is 718. The van der Waals surface area contributed by atoms with Crippen LogP contribution in [0.2, 0.25) is 0 Å². The maximum Gasteiger partial charge on any atom is 0.191 e. The van der Waals surface area contributed by atoms with Crippen LogP contribution in [-0.2, 0) is 24.2 Å². The summed E-state index contributed by atoms with van der Waals surface area (Å²) in [6.45, 7) is 8.78. The Balaban J connectivity index is 1.41. The molecule has 1 saturated heterocycles. The van der Waals surface area contributed by atoms with Gasteiger partial charge in [-0.2, -0.15) is 0 Å². The SMILES string of the molecule is CN=C(NCCc1ccco1)NCc1ccc(CN2CC(C)OC(C)C2)cc1. The van der Waals surface area contributed by atoms with Crippen molar-refractivity contribution in [2.45, 2.75) is 45.6 Å². The minimum atomic E-state index is 0.305. The smallest absolute Gasteiger partial charge is 0.191 e. The highest BCUT2D eigenvalue weighted by Crippen LogP contribution is 2.14. The molecule has 0 aliphatic carbocycles. The number of hydrogen-bond donors (Lipinski definition) is 2. The zero-order chi connectivity index (χ0) is 19.8. The molecule has 0 spiro atoms. The van der Waals surface area contributed by atoms with E-state index in [0.717, 1.165) is 50.9 Å². The van der Waals surface area contributed by atoms with Gasteiger partial charge in [0.25, 0.3) is 0 Å². The number of benzene rings is 1. The van der Waals surface area contributed by atoms with Crippen LogP contribution in [0.5, 0.6) is 0 Å². The highest BCUT2D eigenvalue weighted by atomic mass is 16.5. The molecule has 2 atom stereocenters. The van der Waals surface area contributed by atoms with Gasteiger partial charge in [0.1, 0.15) is 5.76 Å². The lowest BCUT2D eigenvalue weighted by atomic mass is 10.1. The summed E-state index contributed by atoms with van der Waals surface area (Å²) in [5.41, 5.74) is 2.58. The lowest BCUT2D eigenvalue weighted by Gasteiger charge is -2.35. The van der Waals surface area contributed by atoms with Crippen molar-refractivity contribution in [2.24, 2.45) is 4.99 Å². The fourth-order valence-corrected chi connectivity index (χ4v) is 3.60. The molecule has 1 aliphatic rings. The summed E-state index contributed by atoms with van der Waals surface area (Å²) in [5, 5.41) is 6.67. The maximum absolute atomic E-state index is 5.81. The molecule has 1 aromatic carbocycles. The number of guanidine groups is 1. The average Bonchev–Trinajstić information content (AvgIpc) is 3.18. The molecule has 2 heterocycles. The van der Waals surface area contributed by atoms with E-state index >= 15 is 0 Å². The number of morpholine rings is 1. The molecule has 6 heteroatoms. The lowest BCUT2D eigenvalue weighted by molar-refractivity contribution is -0.0704. The van der Waals surface area contributed by atoms with E-state index in [0.29, 0.717) is 12.2 Å². The predicted molar refractivity (Wildman–Crippen MR) is 112 cm³/mol. The summed E-state index contributed by atoms with van der Waals surface area (Å²) >= 11 is 0. The molecule has 152 valence electrons. The number of ether oxygens (including phenoxy) is 1. The molecule has 28 heavy (non-hydrogen) atoms. The highest BCUT2D eigenvalue weighted by Gasteiger charge is 2.21. The summed E-state index contributed by atoms with van der Waals surface area (Å²) in [6.07, 6.45) is 3.14. The Morgan fingerprint density at radius 3 is 2.43 bits per heavy atom. The van der Waals surface area contributed by atoms with Gasteiger partial charge in [0.2, 0.25) is 0 Å². The normalized spacial score (nSPS) is 20.9. The molecule has 3 rings (SSSR count). The van der Waals surface area contributed by atoms with Gasteiger partial charge in [-0.25, -0.2) is 0 Å². The van der Waals surface area contributed by atoms with Crippen molar-refractivity contribution >= 4 is 5.96 Å². The first-order valence-electron chi connectivity index (χ1n) is 10.0. The van der Waals surface area contributed by atoms with E-state index in [1.54, 1.807) is 13.3 Å². The second-order valence-electron chi connectivity index (χ2n) is 7.45. The van der Waals surface area contributed by atoms with Gasteiger partial charge >= 0.3 is 0 Å². The van der Waals surface area contributed by atoms with E-state index in [9.17, 15) is 0 Å². The predicted octanol–water partition coefficient (Wildman–Crippen LogP) is 2.80. The van der Waals surface area contributed by atoms with Crippen LogP contribution in [0.1, 0.15) is 30.7 Å². The van der Waals surface area contributed by atoms with Gasteiger partial charge in [0.05, 0.1) is 18.5 Å². The third-order valence-corrected chi connectivity index (χ3v) is 4.85. The van der Waals surface area contributed by atoms with Crippen molar-refractivity contribution in [1.29, 1.82) is 0 Å². The molecule has 0 radical (unpaired) electrons. The van der Waals surface area contributed by atoms with Gasteiger partial charge in [-0.15, -0.1) is 0 Å². The summed E-state index contributed by atoms with van der Waals surface area (Å²) in [5.74, 6) is 1.77. The van der Waals surface area contributed by atoms with Gasteiger partial charge in [-0.05, 0) is 37.1 Å². The second kappa shape index (κ2) is 10.3. The minimum Gasteiger partial charge on any atom is -0.469 e. The van der Waals surface area contributed by atoms with Crippen molar-refractivity contribution in [3.05, 3.63) is 59.5 Å². The minimum absolute atomic E-state index is 0.305. The Labute approximate surface area is 168 Å². The Kier molecular flexibility index (Phi) is 7.51.